The second kappa shape index (κ2) is 7.64. The fourth-order valence-corrected chi connectivity index (χ4v) is 9.04. The molecule has 0 unspecified atom stereocenters. The van der Waals surface area contributed by atoms with Crippen molar-refractivity contribution in [3.63, 3.8) is 0 Å². The summed E-state index contributed by atoms with van der Waals surface area (Å²) in [6.07, 6.45) is 0. The summed E-state index contributed by atoms with van der Waals surface area (Å²) >= 11 is 0. The highest BCUT2D eigenvalue weighted by Gasteiger charge is 2.41. The predicted molar refractivity (Wildman–Crippen MR) is 192 cm³/mol. The van der Waals surface area contributed by atoms with Crippen LogP contribution in [0.15, 0.2) is 140 Å². The van der Waals surface area contributed by atoms with Gasteiger partial charge in [-0.25, -0.2) is 0 Å². The van der Waals surface area contributed by atoms with Gasteiger partial charge in [0.1, 0.15) is 0 Å². The summed E-state index contributed by atoms with van der Waals surface area (Å²) in [5, 5.41) is 13.1. The highest BCUT2D eigenvalue weighted by Crippen LogP contribution is 2.42. The lowest BCUT2D eigenvalue weighted by Gasteiger charge is -2.33. The number of aromatic nitrogens is 2. The van der Waals surface area contributed by atoms with Gasteiger partial charge in [0.25, 0.3) is 6.71 Å². The Morgan fingerprint density at radius 3 is 1.67 bits per heavy atom. The SMILES string of the molecule is c1cc2c3c(c1)-n1c4cc5ccccc5cc4c4c5ccccc5cc(c41)B3c1cccc3c4cc5ccccc5cc4n-2c13. The van der Waals surface area contributed by atoms with E-state index in [2.05, 4.69) is 149 Å². The van der Waals surface area contributed by atoms with Crippen LogP contribution >= 0.6 is 0 Å². The standard InChI is InChI=1S/C42H23BN2/c1-3-11-26-22-37-31(19-24(26)9-1)30-15-7-16-33-41(30)44(37)35-17-8-18-36-40(35)43(33)34-21-28-13-5-6-14-29(28)39-32-20-25-10-2-4-12-27(25)23-38(32)45(36)42(34)39/h1-23H. The Morgan fingerprint density at radius 1 is 0.378 bits per heavy atom. The highest BCUT2D eigenvalue weighted by atomic mass is 15.0. The van der Waals surface area contributed by atoms with Gasteiger partial charge in [-0.3, -0.25) is 0 Å². The lowest BCUT2D eigenvalue weighted by Crippen LogP contribution is -2.59. The topological polar surface area (TPSA) is 9.86 Å². The second-order valence-corrected chi connectivity index (χ2v) is 12.9. The molecule has 0 saturated heterocycles. The van der Waals surface area contributed by atoms with Crippen molar-refractivity contribution in [1.82, 2.24) is 9.13 Å². The number of rotatable bonds is 0. The van der Waals surface area contributed by atoms with E-state index >= 15 is 0 Å². The van der Waals surface area contributed by atoms with Crippen LogP contribution in [-0.2, 0) is 0 Å². The van der Waals surface area contributed by atoms with Crippen molar-refractivity contribution in [3.05, 3.63) is 140 Å². The average molecular weight is 566 g/mol. The van der Waals surface area contributed by atoms with Crippen LogP contribution in [0.1, 0.15) is 0 Å². The van der Waals surface area contributed by atoms with E-state index in [4.69, 9.17) is 0 Å². The van der Waals surface area contributed by atoms with Crippen LogP contribution in [0.5, 0.6) is 0 Å². The van der Waals surface area contributed by atoms with Gasteiger partial charge in [0.05, 0.1) is 16.6 Å². The molecule has 3 heteroatoms. The van der Waals surface area contributed by atoms with E-state index < -0.39 is 0 Å². The zero-order valence-corrected chi connectivity index (χ0v) is 24.3. The van der Waals surface area contributed by atoms with E-state index in [1.807, 2.05) is 0 Å². The van der Waals surface area contributed by atoms with Gasteiger partial charge in [0, 0.05) is 38.4 Å². The van der Waals surface area contributed by atoms with Gasteiger partial charge in [-0.05, 0) is 85.1 Å². The Bertz CT molecular complexity index is 2990. The first-order chi connectivity index (χ1) is 22.3. The van der Waals surface area contributed by atoms with E-state index in [1.165, 1.54) is 104 Å². The summed E-state index contributed by atoms with van der Waals surface area (Å²) in [7, 11) is 0. The first-order valence-electron chi connectivity index (χ1n) is 15.8. The molecular formula is C42H23BN2. The van der Waals surface area contributed by atoms with E-state index in [0.29, 0.717) is 0 Å². The molecule has 0 aliphatic carbocycles. The Labute approximate surface area is 258 Å². The molecule has 8 aromatic carbocycles. The van der Waals surface area contributed by atoms with Crippen LogP contribution in [0.2, 0.25) is 0 Å². The third kappa shape index (κ3) is 2.58. The maximum absolute atomic E-state index is 2.58. The molecular weight excluding hydrogens is 543 g/mol. The van der Waals surface area contributed by atoms with E-state index in [0.717, 1.165) is 0 Å². The number of nitrogens with zero attached hydrogens (tertiary/aromatic N) is 2. The third-order valence-electron chi connectivity index (χ3n) is 10.8. The molecule has 10 aromatic rings. The largest absolute Gasteiger partial charge is 0.310 e. The molecule has 2 nitrogen and oxygen atoms in total. The number of benzene rings is 8. The Balaban J connectivity index is 1.34. The molecule has 0 spiro atoms. The molecule has 0 atom stereocenters. The van der Waals surface area contributed by atoms with Gasteiger partial charge in [-0.1, -0.05) is 103 Å². The molecule has 0 radical (unpaired) electrons. The zero-order valence-electron chi connectivity index (χ0n) is 24.3. The number of fused-ring (bicyclic) bond motifs is 14. The minimum atomic E-state index is 0.143. The zero-order chi connectivity index (χ0) is 29.0. The number of hydrogen-bond donors (Lipinski definition) is 0. The van der Waals surface area contributed by atoms with Crippen molar-refractivity contribution in [2.75, 3.05) is 0 Å². The first-order valence-corrected chi connectivity index (χ1v) is 15.8. The van der Waals surface area contributed by atoms with Gasteiger partial charge in [0.15, 0.2) is 0 Å². The molecule has 0 bridgehead atoms. The molecule has 4 heterocycles. The number of para-hydroxylation sites is 1. The van der Waals surface area contributed by atoms with E-state index in [-0.39, 0.29) is 6.71 Å². The molecule has 0 N–H and O–H groups in total. The fraction of sp³-hybridized carbons (Fsp3) is 0. The molecule has 2 aliphatic heterocycles. The Morgan fingerprint density at radius 2 is 0.933 bits per heavy atom. The van der Waals surface area contributed by atoms with Crippen LogP contribution in [0, 0.1) is 0 Å². The minimum Gasteiger partial charge on any atom is -0.310 e. The predicted octanol–water partition coefficient (Wildman–Crippen LogP) is 8.48. The monoisotopic (exact) mass is 566 g/mol. The molecule has 204 valence electrons. The first kappa shape index (κ1) is 22.7. The summed E-state index contributed by atoms with van der Waals surface area (Å²) in [6, 6.07) is 52.6. The van der Waals surface area contributed by atoms with E-state index in [9.17, 15) is 0 Å². The number of hydrogen-bond acceptors (Lipinski definition) is 0. The van der Waals surface area contributed by atoms with Crippen molar-refractivity contribution in [2.24, 2.45) is 0 Å². The minimum absolute atomic E-state index is 0.143. The molecule has 2 aromatic heterocycles. The normalized spacial score (nSPS) is 13.3. The molecule has 2 aliphatic rings. The maximum Gasteiger partial charge on any atom is 0.252 e. The Kier molecular flexibility index (Phi) is 3.85. The Hall–Kier alpha value is -5.80. The van der Waals surface area contributed by atoms with Crippen molar-refractivity contribution >= 4 is 99.0 Å². The summed E-state index contributed by atoms with van der Waals surface area (Å²) in [5.74, 6) is 0. The van der Waals surface area contributed by atoms with Crippen LogP contribution in [0.3, 0.4) is 0 Å². The third-order valence-corrected chi connectivity index (χ3v) is 10.8. The van der Waals surface area contributed by atoms with Gasteiger partial charge in [-0.2, -0.15) is 0 Å². The lowest BCUT2D eigenvalue weighted by atomic mass is 9.34. The lowest BCUT2D eigenvalue weighted by molar-refractivity contribution is 1.14. The van der Waals surface area contributed by atoms with Crippen molar-refractivity contribution in [2.45, 2.75) is 0 Å². The highest BCUT2D eigenvalue weighted by molar-refractivity contribution is 7.00. The van der Waals surface area contributed by atoms with Crippen molar-refractivity contribution in [3.8, 4) is 11.4 Å². The second-order valence-electron chi connectivity index (χ2n) is 12.9. The van der Waals surface area contributed by atoms with Gasteiger partial charge < -0.3 is 9.13 Å². The van der Waals surface area contributed by atoms with Crippen molar-refractivity contribution in [1.29, 1.82) is 0 Å². The van der Waals surface area contributed by atoms with Crippen LogP contribution in [-0.4, -0.2) is 15.8 Å². The van der Waals surface area contributed by atoms with Crippen molar-refractivity contribution < 1.29 is 0 Å². The molecule has 45 heavy (non-hydrogen) atoms. The summed E-state index contributed by atoms with van der Waals surface area (Å²) < 4.78 is 5.15. The average Bonchev–Trinajstić information content (AvgIpc) is 3.60. The summed E-state index contributed by atoms with van der Waals surface area (Å²) in [6.45, 7) is 0.143. The smallest absolute Gasteiger partial charge is 0.252 e. The van der Waals surface area contributed by atoms with Crippen LogP contribution in [0.4, 0.5) is 0 Å². The summed E-state index contributed by atoms with van der Waals surface area (Å²) in [4.78, 5) is 0. The van der Waals surface area contributed by atoms with Crippen LogP contribution in [0.25, 0.3) is 87.3 Å². The molecule has 12 rings (SSSR count). The van der Waals surface area contributed by atoms with Gasteiger partial charge in [-0.15, -0.1) is 0 Å². The van der Waals surface area contributed by atoms with Crippen LogP contribution < -0.4 is 16.4 Å². The summed E-state index contributed by atoms with van der Waals surface area (Å²) in [5.41, 5.74) is 12.0. The van der Waals surface area contributed by atoms with Gasteiger partial charge >= 0.3 is 0 Å². The van der Waals surface area contributed by atoms with Gasteiger partial charge in [0.2, 0.25) is 0 Å². The maximum atomic E-state index is 2.58. The fourth-order valence-electron chi connectivity index (χ4n) is 9.04. The molecule has 0 saturated carbocycles. The molecule has 0 amide bonds. The molecule has 0 fully saturated rings. The quantitative estimate of drug-likeness (QED) is 0.163. The van der Waals surface area contributed by atoms with E-state index in [1.54, 1.807) is 0 Å².